The van der Waals surface area contributed by atoms with Gasteiger partial charge in [-0.25, -0.2) is 4.79 Å². The van der Waals surface area contributed by atoms with Gasteiger partial charge in [0, 0.05) is 23.7 Å². The van der Waals surface area contributed by atoms with Crippen molar-refractivity contribution in [3.05, 3.63) is 47.0 Å². The van der Waals surface area contributed by atoms with Crippen molar-refractivity contribution >= 4 is 17.6 Å². The molecule has 1 unspecified atom stereocenters. The number of esters is 1. The van der Waals surface area contributed by atoms with Gasteiger partial charge in [-0.15, -0.1) is 0 Å². The van der Waals surface area contributed by atoms with Gasteiger partial charge < -0.3 is 24.3 Å². The molecule has 0 bridgehead atoms. The average molecular weight is 500 g/mol. The van der Waals surface area contributed by atoms with Crippen molar-refractivity contribution < 1.29 is 28.5 Å². The van der Waals surface area contributed by atoms with Gasteiger partial charge in [-0.2, -0.15) is 0 Å². The van der Waals surface area contributed by atoms with Crippen LogP contribution in [-0.2, 0) is 14.9 Å². The third-order valence-corrected chi connectivity index (χ3v) is 6.29. The van der Waals surface area contributed by atoms with Crippen molar-refractivity contribution in [2.75, 3.05) is 33.8 Å². The molecule has 1 amide bonds. The molecule has 0 radical (unpaired) electrons. The number of carbonyl (C=O) groups is 2. The molecule has 2 aromatic rings. The smallest absolute Gasteiger partial charge is 0.337 e. The number of unbranched alkanes of at least 4 members (excludes halogenated alkanes) is 2. The van der Waals surface area contributed by atoms with E-state index in [9.17, 15) is 9.59 Å². The predicted octanol–water partition coefficient (Wildman–Crippen LogP) is 6.49. The molecule has 198 valence electrons. The highest BCUT2D eigenvalue weighted by atomic mass is 16.5. The number of nitrogens with one attached hydrogen (secondary N) is 1. The predicted molar refractivity (Wildman–Crippen MR) is 143 cm³/mol. The van der Waals surface area contributed by atoms with Crippen molar-refractivity contribution in [1.82, 2.24) is 0 Å². The Labute approximate surface area is 215 Å². The highest BCUT2D eigenvalue weighted by molar-refractivity contribution is 5.96. The Morgan fingerprint density at radius 2 is 1.53 bits per heavy atom. The normalized spacial score (nSPS) is 12.0. The SMILES string of the molecule is CCCCCC(CC(=O)Nc1cc(C(=O)OC)ccc1C(C)(C)C)c1cc(OC)c(OC)cc1OC. The maximum absolute atomic E-state index is 13.4. The van der Waals surface area contributed by atoms with Crippen LogP contribution in [0.3, 0.4) is 0 Å². The van der Waals surface area contributed by atoms with Gasteiger partial charge in [0.2, 0.25) is 5.91 Å². The fourth-order valence-electron chi connectivity index (χ4n) is 4.35. The molecule has 2 rings (SSSR count). The second-order valence-corrected chi connectivity index (χ2v) is 9.90. The van der Waals surface area contributed by atoms with Gasteiger partial charge >= 0.3 is 5.97 Å². The van der Waals surface area contributed by atoms with Gasteiger partial charge in [-0.1, -0.05) is 53.0 Å². The molecule has 2 aromatic carbocycles. The molecule has 7 nitrogen and oxygen atoms in total. The quantitative estimate of drug-likeness (QED) is 0.265. The second kappa shape index (κ2) is 13.2. The zero-order valence-corrected chi connectivity index (χ0v) is 22.9. The summed E-state index contributed by atoms with van der Waals surface area (Å²) in [6.45, 7) is 8.36. The fraction of sp³-hybridized carbons (Fsp3) is 0.517. The third kappa shape index (κ3) is 7.39. The molecule has 36 heavy (non-hydrogen) atoms. The lowest BCUT2D eigenvalue weighted by Crippen LogP contribution is -2.21. The highest BCUT2D eigenvalue weighted by Gasteiger charge is 2.25. The first-order valence-electron chi connectivity index (χ1n) is 12.4. The van der Waals surface area contributed by atoms with E-state index in [0.29, 0.717) is 28.5 Å². The summed E-state index contributed by atoms with van der Waals surface area (Å²) in [5, 5.41) is 3.07. The van der Waals surface area contributed by atoms with Crippen LogP contribution in [0.5, 0.6) is 17.2 Å². The lowest BCUT2D eigenvalue weighted by molar-refractivity contribution is -0.116. The van der Waals surface area contributed by atoms with Crippen molar-refractivity contribution in [2.45, 2.75) is 71.1 Å². The van der Waals surface area contributed by atoms with Crippen molar-refractivity contribution in [3.63, 3.8) is 0 Å². The van der Waals surface area contributed by atoms with E-state index in [0.717, 1.165) is 36.8 Å². The summed E-state index contributed by atoms with van der Waals surface area (Å²) in [7, 11) is 6.13. The average Bonchev–Trinajstić information content (AvgIpc) is 2.86. The molecule has 0 saturated heterocycles. The van der Waals surface area contributed by atoms with Crippen molar-refractivity contribution in [2.24, 2.45) is 0 Å². The Morgan fingerprint density at radius 1 is 0.889 bits per heavy atom. The van der Waals surface area contributed by atoms with E-state index in [1.807, 2.05) is 12.1 Å². The number of amides is 1. The Morgan fingerprint density at radius 3 is 2.08 bits per heavy atom. The lowest BCUT2D eigenvalue weighted by atomic mass is 9.85. The minimum absolute atomic E-state index is 0.0896. The molecule has 1 N–H and O–H groups in total. The first-order valence-corrected chi connectivity index (χ1v) is 12.4. The van der Waals surface area contributed by atoms with Crippen LogP contribution in [0.15, 0.2) is 30.3 Å². The minimum atomic E-state index is -0.446. The monoisotopic (exact) mass is 499 g/mol. The van der Waals surface area contributed by atoms with Gasteiger partial charge in [0.15, 0.2) is 11.5 Å². The summed E-state index contributed by atoms with van der Waals surface area (Å²) in [6, 6.07) is 8.99. The fourth-order valence-corrected chi connectivity index (χ4v) is 4.35. The molecule has 0 aliphatic heterocycles. The number of hydrogen-bond acceptors (Lipinski definition) is 6. The Balaban J connectivity index is 2.43. The second-order valence-electron chi connectivity index (χ2n) is 9.90. The van der Waals surface area contributed by atoms with Crippen LogP contribution in [0.4, 0.5) is 5.69 Å². The van der Waals surface area contributed by atoms with Crippen molar-refractivity contribution in [3.8, 4) is 17.2 Å². The summed E-state index contributed by atoms with van der Waals surface area (Å²) in [5.74, 6) is 1.15. The zero-order chi connectivity index (χ0) is 26.9. The van der Waals surface area contributed by atoms with Gasteiger partial charge in [0.25, 0.3) is 0 Å². The summed E-state index contributed by atoms with van der Waals surface area (Å²) >= 11 is 0. The molecular formula is C29H41NO6. The zero-order valence-electron chi connectivity index (χ0n) is 22.9. The summed E-state index contributed by atoms with van der Waals surface area (Å²) in [5.41, 5.74) is 2.61. The van der Waals surface area contributed by atoms with Gasteiger partial charge in [0.05, 0.1) is 34.0 Å². The van der Waals surface area contributed by atoms with Crippen LogP contribution in [-0.4, -0.2) is 40.3 Å². The Kier molecular flexibility index (Phi) is 10.6. The van der Waals surface area contributed by atoms with E-state index in [-0.39, 0.29) is 23.7 Å². The largest absolute Gasteiger partial charge is 0.496 e. The molecule has 0 spiro atoms. The van der Waals surface area contributed by atoms with E-state index < -0.39 is 5.97 Å². The van der Waals surface area contributed by atoms with E-state index in [4.69, 9.17) is 18.9 Å². The molecule has 0 saturated carbocycles. The molecule has 0 fully saturated rings. The van der Waals surface area contributed by atoms with Gasteiger partial charge in [-0.3, -0.25) is 4.79 Å². The van der Waals surface area contributed by atoms with Crippen LogP contribution < -0.4 is 19.5 Å². The third-order valence-electron chi connectivity index (χ3n) is 6.29. The van der Waals surface area contributed by atoms with Crippen LogP contribution in [0, 0.1) is 0 Å². The molecule has 0 aliphatic carbocycles. The molecule has 0 aliphatic rings. The molecule has 0 heterocycles. The first kappa shape index (κ1) is 29.0. The van der Waals surface area contributed by atoms with Crippen LogP contribution in [0.2, 0.25) is 0 Å². The molecule has 1 atom stereocenters. The van der Waals surface area contributed by atoms with Gasteiger partial charge in [0.1, 0.15) is 5.75 Å². The van der Waals surface area contributed by atoms with E-state index in [1.165, 1.54) is 7.11 Å². The summed E-state index contributed by atoms with van der Waals surface area (Å²) < 4.78 is 21.5. The van der Waals surface area contributed by atoms with Crippen LogP contribution >= 0.6 is 0 Å². The number of benzene rings is 2. The molecular weight excluding hydrogens is 458 g/mol. The topological polar surface area (TPSA) is 83.1 Å². The number of carbonyl (C=O) groups excluding carboxylic acids is 2. The number of methoxy groups -OCH3 is 4. The maximum Gasteiger partial charge on any atom is 0.337 e. The number of anilines is 1. The van der Waals surface area contributed by atoms with E-state index in [2.05, 4.69) is 33.0 Å². The van der Waals surface area contributed by atoms with E-state index >= 15 is 0 Å². The Hall–Kier alpha value is -3.22. The standard InChI is InChI=1S/C29H41NO6/c1-9-10-11-12-19(21-17-25(34-6)26(35-7)18-24(21)33-5)16-27(31)30-23-15-20(28(32)36-8)13-14-22(23)29(2,3)4/h13-15,17-19H,9-12,16H2,1-8H3,(H,30,31). The highest BCUT2D eigenvalue weighted by Crippen LogP contribution is 2.41. The first-order chi connectivity index (χ1) is 17.1. The van der Waals surface area contributed by atoms with Crippen LogP contribution in [0.1, 0.15) is 87.2 Å². The number of ether oxygens (including phenoxy) is 4. The Bertz CT molecular complexity index is 1040. The maximum atomic E-state index is 13.4. The summed E-state index contributed by atoms with van der Waals surface area (Å²) in [4.78, 5) is 25.5. The number of hydrogen-bond donors (Lipinski definition) is 1. The van der Waals surface area contributed by atoms with Crippen LogP contribution in [0.25, 0.3) is 0 Å². The van der Waals surface area contributed by atoms with Crippen molar-refractivity contribution in [1.29, 1.82) is 0 Å². The molecule has 0 aromatic heterocycles. The number of rotatable bonds is 12. The van der Waals surface area contributed by atoms with E-state index in [1.54, 1.807) is 39.5 Å². The minimum Gasteiger partial charge on any atom is -0.496 e. The molecule has 7 heteroatoms. The summed E-state index contributed by atoms with van der Waals surface area (Å²) in [6.07, 6.45) is 4.21. The lowest BCUT2D eigenvalue weighted by Gasteiger charge is -2.25. The van der Waals surface area contributed by atoms with Gasteiger partial charge in [-0.05, 0) is 41.5 Å².